The highest BCUT2D eigenvalue weighted by atomic mass is 16.1. The summed E-state index contributed by atoms with van der Waals surface area (Å²) in [7, 11) is 0. The van der Waals surface area contributed by atoms with Gasteiger partial charge in [-0.1, -0.05) is 25.1 Å². The molecular weight excluding hydrogens is 248 g/mol. The molecule has 1 aromatic heterocycles. The van der Waals surface area contributed by atoms with Gasteiger partial charge in [-0.05, 0) is 32.3 Å². The van der Waals surface area contributed by atoms with Gasteiger partial charge < -0.3 is 4.98 Å². The molecular formula is C17H22N2O. The smallest absolute Gasteiger partial charge is 0.178 e. The number of hydrogen-bond acceptors (Lipinski definition) is 2. The SMILES string of the molecule is CCC1CCC(C)N1CC(=O)c1c[nH]c2ccccc12. The Morgan fingerprint density at radius 2 is 2.15 bits per heavy atom. The Balaban J connectivity index is 1.82. The zero-order valence-corrected chi connectivity index (χ0v) is 12.2. The number of benzene rings is 1. The molecule has 3 heteroatoms. The minimum Gasteiger partial charge on any atom is -0.360 e. The molecule has 1 aromatic carbocycles. The van der Waals surface area contributed by atoms with Crippen molar-refractivity contribution in [3.05, 3.63) is 36.0 Å². The van der Waals surface area contributed by atoms with E-state index in [-0.39, 0.29) is 5.78 Å². The number of likely N-dealkylation sites (tertiary alicyclic amines) is 1. The summed E-state index contributed by atoms with van der Waals surface area (Å²) in [4.78, 5) is 18.2. The van der Waals surface area contributed by atoms with Crippen LogP contribution in [0, 0.1) is 0 Å². The maximum atomic E-state index is 12.6. The largest absolute Gasteiger partial charge is 0.360 e. The van der Waals surface area contributed by atoms with Gasteiger partial charge in [0.25, 0.3) is 0 Å². The van der Waals surface area contributed by atoms with Crippen LogP contribution in [-0.2, 0) is 0 Å². The van der Waals surface area contributed by atoms with Crippen LogP contribution in [0.2, 0.25) is 0 Å². The summed E-state index contributed by atoms with van der Waals surface area (Å²) >= 11 is 0. The highest BCUT2D eigenvalue weighted by molar-refractivity contribution is 6.08. The number of ketones is 1. The van der Waals surface area contributed by atoms with E-state index in [1.807, 2.05) is 30.5 Å². The van der Waals surface area contributed by atoms with Gasteiger partial charge in [0.05, 0.1) is 6.54 Å². The Morgan fingerprint density at radius 3 is 2.95 bits per heavy atom. The number of H-pyrrole nitrogens is 1. The second kappa shape index (κ2) is 5.41. The Labute approximate surface area is 120 Å². The summed E-state index contributed by atoms with van der Waals surface area (Å²) in [5.41, 5.74) is 1.87. The quantitative estimate of drug-likeness (QED) is 0.861. The first-order valence-corrected chi connectivity index (χ1v) is 7.55. The van der Waals surface area contributed by atoms with Gasteiger partial charge in [-0.3, -0.25) is 9.69 Å². The van der Waals surface area contributed by atoms with Crippen LogP contribution < -0.4 is 0 Å². The summed E-state index contributed by atoms with van der Waals surface area (Å²) in [6.07, 6.45) is 5.42. The van der Waals surface area contributed by atoms with Crippen LogP contribution in [0.15, 0.2) is 30.5 Å². The Morgan fingerprint density at radius 1 is 1.35 bits per heavy atom. The zero-order valence-electron chi connectivity index (χ0n) is 12.2. The normalized spacial score (nSPS) is 23.5. The molecule has 1 fully saturated rings. The minimum atomic E-state index is 0.231. The molecule has 3 nitrogen and oxygen atoms in total. The van der Waals surface area contributed by atoms with Crippen LogP contribution in [-0.4, -0.2) is 34.3 Å². The molecule has 3 rings (SSSR count). The molecule has 2 atom stereocenters. The number of aromatic nitrogens is 1. The molecule has 0 bridgehead atoms. The van der Waals surface area contributed by atoms with E-state index in [0.29, 0.717) is 18.6 Å². The number of Topliss-reactive ketones (excluding diaryl/α,β-unsaturated/α-hetero) is 1. The lowest BCUT2D eigenvalue weighted by Crippen LogP contribution is -2.38. The fourth-order valence-corrected chi connectivity index (χ4v) is 3.40. The first-order valence-electron chi connectivity index (χ1n) is 7.55. The van der Waals surface area contributed by atoms with E-state index < -0.39 is 0 Å². The van der Waals surface area contributed by atoms with Crippen molar-refractivity contribution in [3.63, 3.8) is 0 Å². The number of rotatable bonds is 4. The van der Waals surface area contributed by atoms with Gasteiger partial charge in [0.2, 0.25) is 0 Å². The van der Waals surface area contributed by atoms with Gasteiger partial charge in [-0.25, -0.2) is 0 Å². The fraction of sp³-hybridized carbons (Fsp3) is 0.471. The van der Waals surface area contributed by atoms with Gasteiger partial charge in [-0.2, -0.15) is 0 Å². The highest BCUT2D eigenvalue weighted by Crippen LogP contribution is 2.27. The van der Waals surface area contributed by atoms with E-state index in [1.54, 1.807) is 0 Å². The lowest BCUT2D eigenvalue weighted by molar-refractivity contribution is 0.0891. The molecule has 1 saturated heterocycles. The first-order chi connectivity index (χ1) is 9.70. The average Bonchev–Trinajstić information content (AvgIpc) is 3.03. The number of fused-ring (bicyclic) bond motifs is 1. The number of nitrogens with one attached hydrogen (secondary N) is 1. The van der Waals surface area contributed by atoms with Gasteiger partial charge >= 0.3 is 0 Å². The Bertz CT molecular complexity index is 616. The average molecular weight is 270 g/mol. The highest BCUT2D eigenvalue weighted by Gasteiger charge is 2.31. The van der Waals surface area contributed by atoms with E-state index in [2.05, 4.69) is 23.7 Å². The van der Waals surface area contributed by atoms with E-state index in [0.717, 1.165) is 22.9 Å². The second-order valence-corrected chi connectivity index (χ2v) is 5.83. The van der Waals surface area contributed by atoms with E-state index in [9.17, 15) is 4.79 Å². The van der Waals surface area contributed by atoms with E-state index in [1.165, 1.54) is 12.8 Å². The van der Waals surface area contributed by atoms with Gasteiger partial charge in [0.1, 0.15) is 0 Å². The summed E-state index contributed by atoms with van der Waals surface area (Å²) in [5.74, 6) is 0.231. The Kier molecular flexibility index (Phi) is 3.62. The van der Waals surface area contributed by atoms with Gasteiger partial charge in [0, 0.05) is 34.7 Å². The molecule has 2 heterocycles. The molecule has 0 amide bonds. The molecule has 1 aliphatic rings. The third-order valence-corrected chi connectivity index (χ3v) is 4.64. The maximum Gasteiger partial charge on any atom is 0.178 e. The van der Waals surface area contributed by atoms with Gasteiger partial charge in [0.15, 0.2) is 5.78 Å². The molecule has 0 aliphatic carbocycles. The molecule has 106 valence electrons. The van der Waals surface area contributed by atoms with E-state index >= 15 is 0 Å². The van der Waals surface area contributed by atoms with Gasteiger partial charge in [-0.15, -0.1) is 0 Å². The summed E-state index contributed by atoms with van der Waals surface area (Å²) in [6.45, 7) is 4.99. The molecule has 0 saturated carbocycles. The summed E-state index contributed by atoms with van der Waals surface area (Å²) < 4.78 is 0. The molecule has 1 N–H and O–H groups in total. The van der Waals surface area contributed by atoms with Crippen LogP contribution in [0.4, 0.5) is 0 Å². The standard InChI is InChI=1S/C17H22N2O/c1-3-13-9-8-12(2)19(13)11-17(20)15-10-18-16-7-5-4-6-14(15)16/h4-7,10,12-13,18H,3,8-9,11H2,1-2H3. The molecule has 2 unspecified atom stereocenters. The lowest BCUT2D eigenvalue weighted by atomic mass is 10.1. The molecule has 2 aromatic rings. The van der Waals surface area contributed by atoms with Crippen molar-refractivity contribution in [3.8, 4) is 0 Å². The van der Waals surface area contributed by atoms with Crippen molar-refractivity contribution >= 4 is 16.7 Å². The summed E-state index contributed by atoms with van der Waals surface area (Å²) in [5, 5.41) is 1.04. The molecule has 0 spiro atoms. The van der Waals surface area contributed by atoms with Crippen molar-refractivity contribution in [1.29, 1.82) is 0 Å². The zero-order chi connectivity index (χ0) is 14.1. The van der Waals surface area contributed by atoms with Crippen LogP contribution in [0.25, 0.3) is 10.9 Å². The topological polar surface area (TPSA) is 36.1 Å². The minimum absolute atomic E-state index is 0.231. The van der Waals surface area contributed by atoms with Crippen LogP contribution in [0.1, 0.15) is 43.5 Å². The van der Waals surface area contributed by atoms with Crippen molar-refractivity contribution in [2.75, 3.05) is 6.54 Å². The second-order valence-electron chi connectivity index (χ2n) is 5.83. The number of para-hydroxylation sites is 1. The van der Waals surface area contributed by atoms with Crippen molar-refractivity contribution in [2.24, 2.45) is 0 Å². The number of carbonyl (C=O) groups excluding carboxylic acids is 1. The molecule has 20 heavy (non-hydrogen) atoms. The van der Waals surface area contributed by atoms with Crippen LogP contribution in [0.3, 0.4) is 0 Å². The third-order valence-electron chi connectivity index (χ3n) is 4.64. The monoisotopic (exact) mass is 270 g/mol. The molecule has 0 radical (unpaired) electrons. The summed E-state index contributed by atoms with van der Waals surface area (Å²) in [6, 6.07) is 9.10. The predicted molar refractivity (Wildman–Crippen MR) is 82.1 cm³/mol. The third kappa shape index (κ3) is 2.27. The number of carbonyl (C=O) groups is 1. The lowest BCUT2D eigenvalue weighted by Gasteiger charge is -2.26. The maximum absolute atomic E-state index is 12.6. The van der Waals surface area contributed by atoms with Crippen molar-refractivity contribution in [1.82, 2.24) is 9.88 Å². The molecule has 1 aliphatic heterocycles. The van der Waals surface area contributed by atoms with Crippen molar-refractivity contribution < 1.29 is 4.79 Å². The number of hydrogen-bond donors (Lipinski definition) is 1. The first kappa shape index (κ1) is 13.4. The number of nitrogens with zero attached hydrogens (tertiary/aromatic N) is 1. The van der Waals surface area contributed by atoms with Crippen LogP contribution in [0.5, 0.6) is 0 Å². The van der Waals surface area contributed by atoms with Crippen molar-refractivity contribution in [2.45, 2.75) is 45.2 Å². The predicted octanol–water partition coefficient (Wildman–Crippen LogP) is 3.61. The van der Waals surface area contributed by atoms with E-state index in [4.69, 9.17) is 0 Å². The Hall–Kier alpha value is -1.61. The fourth-order valence-electron chi connectivity index (χ4n) is 3.40. The number of aromatic amines is 1. The van der Waals surface area contributed by atoms with Crippen LogP contribution >= 0.6 is 0 Å².